The van der Waals surface area contributed by atoms with Crippen molar-refractivity contribution in [1.29, 1.82) is 0 Å². The van der Waals surface area contributed by atoms with Gasteiger partial charge in [0.25, 0.3) is 5.56 Å². The molecule has 0 saturated carbocycles. The summed E-state index contributed by atoms with van der Waals surface area (Å²) >= 11 is 1.92. The van der Waals surface area contributed by atoms with Crippen molar-refractivity contribution < 1.29 is 4.79 Å². The van der Waals surface area contributed by atoms with E-state index in [1.54, 1.807) is 6.92 Å². The SMILES string of the molecule is Cc1ncc(I)c(=O)n1CC(=O)NCCC(C)C. The standard InChI is InChI=1S/C12H18IN3O2/c1-8(2)4-5-14-11(17)7-16-9(3)15-6-10(13)12(16)18/h6,8H,4-5,7H2,1-3H3,(H,14,17). The maximum absolute atomic E-state index is 11.8. The van der Waals surface area contributed by atoms with Crippen LogP contribution < -0.4 is 10.9 Å². The van der Waals surface area contributed by atoms with Crippen LogP contribution in [0.4, 0.5) is 0 Å². The van der Waals surface area contributed by atoms with E-state index < -0.39 is 0 Å². The van der Waals surface area contributed by atoms with Crippen molar-refractivity contribution in [2.45, 2.75) is 33.7 Å². The maximum atomic E-state index is 11.8. The van der Waals surface area contributed by atoms with Gasteiger partial charge in [-0.3, -0.25) is 14.2 Å². The number of hydrogen-bond acceptors (Lipinski definition) is 3. The summed E-state index contributed by atoms with van der Waals surface area (Å²) in [6.07, 6.45) is 2.45. The molecule has 1 aromatic heterocycles. The Morgan fingerprint density at radius 3 is 2.83 bits per heavy atom. The normalized spacial score (nSPS) is 10.7. The van der Waals surface area contributed by atoms with E-state index in [9.17, 15) is 9.59 Å². The first-order valence-corrected chi connectivity index (χ1v) is 6.98. The number of aryl methyl sites for hydroxylation is 1. The minimum absolute atomic E-state index is 0.0343. The third kappa shape index (κ3) is 4.40. The second-order valence-corrected chi connectivity index (χ2v) is 5.74. The van der Waals surface area contributed by atoms with Crippen LogP contribution >= 0.6 is 22.6 Å². The summed E-state index contributed by atoms with van der Waals surface area (Å²) in [6, 6.07) is 0. The zero-order chi connectivity index (χ0) is 13.7. The van der Waals surface area contributed by atoms with E-state index in [0.29, 0.717) is 21.9 Å². The van der Waals surface area contributed by atoms with E-state index in [0.717, 1.165) is 6.42 Å². The molecule has 0 unspecified atom stereocenters. The van der Waals surface area contributed by atoms with Crippen molar-refractivity contribution in [3.05, 3.63) is 25.9 Å². The largest absolute Gasteiger partial charge is 0.355 e. The van der Waals surface area contributed by atoms with Crippen LogP contribution in [0.2, 0.25) is 0 Å². The van der Waals surface area contributed by atoms with E-state index in [1.807, 2.05) is 22.6 Å². The summed E-state index contributed by atoms with van der Waals surface area (Å²) in [5.41, 5.74) is -0.165. The topological polar surface area (TPSA) is 64.0 Å². The summed E-state index contributed by atoms with van der Waals surface area (Å²) in [4.78, 5) is 27.6. The first-order chi connectivity index (χ1) is 8.41. The van der Waals surface area contributed by atoms with Gasteiger partial charge in [-0.2, -0.15) is 0 Å². The highest BCUT2D eigenvalue weighted by Gasteiger charge is 2.09. The molecule has 0 atom stereocenters. The molecule has 0 aliphatic rings. The fourth-order valence-corrected chi connectivity index (χ4v) is 1.87. The summed E-state index contributed by atoms with van der Waals surface area (Å²) in [6.45, 7) is 6.60. The Balaban J connectivity index is 2.65. The second-order valence-electron chi connectivity index (χ2n) is 4.58. The van der Waals surface area contributed by atoms with Gasteiger partial charge in [0.1, 0.15) is 12.4 Å². The quantitative estimate of drug-likeness (QED) is 0.803. The average molecular weight is 363 g/mol. The van der Waals surface area contributed by atoms with Crippen molar-refractivity contribution in [2.24, 2.45) is 5.92 Å². The number of halogens is 1. The highest BCUT2D eigenvalue weighted by atomic mass is 127. The maximum Gasteiger partial charge on any atom is 0.267 e. The van der Waals surface area contributed by atoms with Gasteiger partial charge in [-0.15, -0.1) is 0 Å². The molecule has 1 aromatic rings. The second kappa shape index (κ2) is 6.86. The van der Waals surface area contributed by atoms with Gasteiger partial charge in [-0.25, -0.2) is 4.98 Å². The van der Waals surface area contributed by atoms with Crippen LogP contribution in [0.3, 0.4) is 0 Å². The van der Waals surface area contributed by atoms with Gasteiger partial charge in [0.05, 0.1) is 3.57 Å². The van der Waals surface area contributed by atoms with Crippen molar-refractivity contribution in [3.8, 4) is 0 Å². The minimum atomic E-state index is -0.165. The molecule has 0 aromatic carbocycles. The zero-order valence-electron chi connectivity index (χ0n) is 10.9. The number of aromatic nitrogens is 2. The molecule has 100 valence electrons. The molecule has 0 fully saturated rings. The third-order valence-electron chi connectivity index (χ3n) is 2.55. The van der Waals surface area contributed by atoms with Gasteiger partial charge in [0, 0.05) is 12.7 Å². The molecule has 18 heavy (non-hydrogen) atoms. The lowest BCUT2D eigenvalue weighted by molar-refractivity contribution is -0.121. The minimum Gasteiger partial charge on any atom is -0.355 e. The van der Waals surface area contributed by atoms with Crippen molar-refractivity contribution in [1.82, 2.24) is 14.9 Å². The predicted molar refractivity (Wildman–Crippen MR) is 78.4 cm³/mol. The fourth-order valence-electron chi connectivity index (χ4n) is 1.44. The summed E-state index contributed by atoms with van der Waals surface area (Å²) in [5, 5.41) is 2.81. The van der Waals surface area contributed by atoms with Crippen molar-refractivity contribution in [3.63, 3.8) is 0 Å². The molecule has 0 aliphatic heterocycles. The molecule has 1 rings (SSSR count). The molecule has 0 saturated heterocycles. The van der Waals surface area contributed by atoms with Crippen LogP contribution in [0.15, 0.2) is 11.0 Å². The Morgan fingerprint density at radius 2 is 2.22 bits per heavy atom. The van der Waals surface area contributed by atoms with Crippen LogP contribution in [0.25, 0.3) is 0 Å². The van der Waals surface area contributed by atoms with Gasteiger partial charge < -0.3 is 5.32 Å². The Kier molecular flexibility index (Phi) is 5.77. The monoisotopic (exact) mass is 363 g/mol. The van der Waals surface area contributed by atoms with E-state index >= 15 is 0 Å². The number of carbonyl (C=O) groups excluding carboxylic acids is 1. The van der Waals surface area contributed by atoms with Crippen molar-refractivity contribution in [2.75, 3.05) is 6.54 Å². The molecular formula is C12H18IN3O2. The van der Waals surface area contributed by atoms with Crippen LogP contribution in [-0.2, 0) is 11.3 Å². The highest BCUT2D eigenvalue weighted by Crippen LogP contribution is 1.98. The first-order valence-electron chi connectivity index (χ1n) is 5.90. The average Bonchev–Trinajstić information content (AvgIpc) is 2.29. The number of nitrogens with zero attached hydrogens (tertiary/aromatic N) is 2. The van der Waals surface area contributed by atoms with Gasteiger partial charge in [-0.1, -0.05) is 13.8 Å². The Labute approximate surface area is 120 Å². The van der Waals surface area contributed by atoms with Crippen LogP contribution in [0.1, 0.15) is 26.1 Å². The molecule has 1 N–H and O–H groups in total. The number of rotatable bonds is 5. The molecule has 0 radical (unpaired) electrons. The van der Waals surface area contributed by atoms with Crippen LogP contribution in [0.5, 0.6) is 0 Å². The highest BCUT2D eigenvalue weighted by molar-refractivity contribution is 14.1. The number of nitrogens with one attached hydrogen (secondary N) is 1. The van der Waals surface area contributed by atoms with Gasteiger partial charge in [-0.05, 0) is 41.9 Å². The smallest absolute Gasteiger partial charge is 0.267 e. The van der Waals surface area contributed by atoms with E-state index in [2.05, 4.69) is 24.1 Å². The molecule has 0 aliphatic carbocycles. The number of amides is 1. The number of hydrogen-bond donors (Lipinski definition) is 1. The predicted octanol–water partition coefficient (Wildman–Crippen LogP) is 1.32. The molecule has 0 bridgehead atoms. The number of carbonyl (C=O) groups is 1. The van der Waals surface area contributed by atoms with Crippen LogP contribution in [0, 0.1) is 16.4 Å². The van der Waals surface area contributed by atoms with E-state index in [1.165, 1.54) is 10.8 Å². The van der Waals surface area contributed by atoms with E-state index in [-0.39, 0.29) is 18.0 Å². The molecule has 1 heterocycles. The summed E-state index contributed by atoms with van der Waals surface area (Å²) < 4.78 is 1.92. The fraction of sp³-hybridized carbons (Fsp3) is 0.583. The lowest BCUT2D eigenvalue weighted by Gasteiger charge is -2.10. The molecule has 0 spiro atoms. The van der Waals surface area contributed by atoms with Gasteiger partial charge in [0.15, 0.2) is 0 Å². The van der Waals surface area contributed by atoms with Gasteiger partial charge in [0.2, 0.25) is 5.91 Å². The zero-order valence-corrected chi connectivity index (χ0v) is 13.0. The molecule has 1 amide bonds. The van der Waals surface area contributed by atoms with E-state index in [4.69, 9.17) is 0 Å². The Morgan fingerprint density at radius 1 is 1.56 bits per heavy atom. The lowest BCUT2D eigenvalue weighted by Crippen LogP contribution is -2.35. The van der Waals surface area contributed by atoms with Crippen LogP contribution in [-0.4, -0.2) is 22.0 Å². The molecular weight excluding hydrogens is 345 g/mol. The summed E-state index contributed by atoms with van der Waals surface area (Å²) in [7, 11) is 0. The molecule has 6 heteroatoms. The Hall–Kier alpha value is -0.920. The summed E-state index contributed by atoms with van der Waals surface area (Å²) in [5.74, 6) is 0.957. The lowest BCUT2D eigenvalue weighted by atomic mass is 10.1. The molecule has 5 nitrogen and oxygen atoms in total. The van der Waals surface area contributed by atoms with Crippen molar-refractivity contribution >= 4 is 28.5 Å². The third-order valence-corrected chi connectivity index (χ3v) is 3.29. The first kappa shape index (κ1) is 15.1. The van der Waals surface area contributed by atoms with Gasteiger partial charge >= 0.3 is 0 Å². The Bertz CT molecular complexity index is 483.